The van der Waals surface area contributed by atoms with Crippen LogP contribution in [0, 0.1) is 5.92 Å². The van der Waals surface area contributed by atoms with E-state index in [1.807, 2.05) is 48.5 Å². The van der Waals surface area contributed by atoms with Gasteiger partial charge in [-0.1, -0.05) is 36.4 Å². The van der Waals surface area contributed by atoms with E-state index in [1.165, 1.54) is 0 Å². The van der Waals surface area contributed by atoms with Crippen molar-refractivity contribution in [2.45, 2.75) is 31.2 Å². The summed E-state index contributed by atoms with van der Waals surface area (Å²) in [6.07, 6.45) is 2.17. The van der Waals surface area contributed by atoms with E-state index in [0.717, 1.165) is 28.9 Å². The van der Waals surface area contributed by atoms with Gasteiger partial charge in [0.25, 0.3) is 0 Å². The molecule has 1 aliphatic rings. The quantitative estimate of drug-likeness (QED) is 0.548. The van der Waals surface area contributed by atoms with Crippen LogP contribution in [0.5, 0.6) is 0 Å². The molecule has 6 heteroatoms. The standard InChI is InChI=1S/C20H24N4O2/c21-10-4-7-16(11-15-8-9-17-12-18(15)24-23-17)20(22,19(25)26)13-14-5-2-1-3-6-14/h1-3,5-6,8-9,12,16H,4,7,10-11,13,21-22H2,(H,25,26). The zero-order valence-corrected chi connectivity index (χ0v) is 14.6. The zero-order chi connectivity index (χ0) is 18.6. The minimum Gasteiger partial charge on any atom is -0.480 e. The van der Waals surface area contributed by atoms with Crippen molar-refractivity contribution in [3.05, 3.63) is 59.7 Å². The molecule has 0 spiro atoms. The minimum atomic E-state index is -1.38. The summed E-state index contributed by atoms with van der Waals surface area (Å²) >= 11 is 0. The second-order valence-electron chi connectivity index (χ2n) is 6.85. The number of carboxylic acids is 1. The summed E-state index contributed by atoms with van der Waals surface area (Å²) in [6.45, 7) is 0.503. The maximum absolute atomic E-state index is 12.2. The van der Waals surface area contributed by atoms with Crippen molar-refractivity contribution in [2.24, 2.45) is 27.6 Å². The lowest BCUT2D eigenvalue weighted by molar-refractivity contribution is -0.145. The van der Waals surface area contributed by atoms with Gasteiger partial charge in [0.15, 0.2) is 0 Å². The number of hydrogen-bond donors (Lipinski definition) is 3. The van der Waals surface area contributed by atoms with Crippen LogP contribution < -0.4 is 11.5 Å². The molecular formula is C20H24N4O2. The number of hydrogen-bond acceptors (Lipinski definition) is 5. The van der Waals surface area contributed by atoms with Crippen LogP contribution in [0.4, 0.5) is 11.4 Å². The smallest absolute Gasteiger partial charge is 0.324 e. The minimum absolute atomic E-state index is 0.262. The largest absolute Gasteiger partial charge is 0.480 e. The van der Waals surface area contributed by atoms with Crippen LogP contribution in [-0.4, -0.2) is 23.2 Å². The number of nitrogens with zero attached hydrogens (tertiary/aromatic N) is 2. The Bertz CT molecular complexity index is 807. The molecule has 0 saturated heterocycles. The molecule has 2 aromatic carbocycles. The molecule has 2 unspecified atom stereocenters. The number of aliphatic carboxylic acids is 1. The first kappa shape index (κ1) is 18.2. The van der Waals surface area contributed by atoms with Gasteiger partial charge in [0.2, 0.25) is 0 Å². The van der Waals surface area contributed by atoms with E-state index in [-0.39, 0.29) is 12.3 Å². The molecule has 6 nitrogen and oxygen atoms in total. The summed E-state index contributed by atoms with van der Waals surface area (Å²) < 4.78 is 0. The van der Waals surface area contributed by atoms with Crippen LogP contribution >= 0.6 is 0 Å². The Morgan fingerprint density at radius 1 is 1.15 bits per heavy atom. The molecule has 0 fully saturated rings. The molecule has 136 valence electrons. The molecule has 5 N–H and O–H groups in total. The molecular weight excluding hydrogens is 328 g/mol. The van der Waals surface area contributed by atoms with Crippen LogP contribution in [0.25, 0.3) is 0 Å². The summed E-state index contributed by atoms with van der Waals surface area (Å²) in [7, 11) is 0. The average Bonchev–Trinajstić information content (AvgIpc) is 3.03. The van der Waals surface area contributed by atoms with Gasteiger partial charge in [0.1, 0.15) is 5.54 Å². The molecule has 0 aliphatic carbocycles. The van der Waals surface area contributed by atoms with Crippen LogP contribution in [0.3, 0.4) is 0 Å². The van der Waals surface area contributed by atoms with Gasteiger partial charge in [-0.15, -0.1) is 0 Å². The number of carboxylic acid groups (broad SMARTS) is 1. The first-order valence-corrected chi connectivity index (χ1v) is 8.84. The summed E-state index contributed by atoms with van der Waals surface area (Å²) in [5.74, 6) is -1.25. The Morgan fingerprint density at radius 3 is 2.62 bits per heavy atom. The molecule has 2 aromatic rings. The van der Waals surface area contributed by atoms with E-state index in [9.17, 15) is 9.90 Å². The first-order valence-electron chi connectivity index (χ1n) is 8.84. The summed E-state index contributed by atoms with van der Waals surface area (Å²) in [6, 6.07) is 15.3. The lowest BCUT2D eigenvalue weighted by atomic mass is 9.74. The van der Waals surface area contributed by atoms with Gasteiger partial charge in [-0.25, -0.2) is 0 Å². The van der Waals surface area contributed by atoms with Crippen molar-refractivity contribution in [3.63, 3.8) is 0 Å². The molecule has 1 aliphatic heterocycles. The van der Waals surface area contributed by atoms with E-state index in [0.29, 0.717) is 19.4 Å². The molecule has 0 amide bonds. The van der Waals surface area contributed by atoms with Crippen LogP contribution in [0.2, 0.25) is 0 Å². The first-order chi connectivity index (χ1) is 12.5. The van der Waals surface area contributed by atoms with Crippen molar-refractivity contribution in [1.29, 1.82) is 0 Å². The fraction of sp³-hybridized carbons (Fsp3) is 0.350. The maximum atomic E-state index is 12.2. The fourth-order valence-corrected chi connectivity index (χ4v) is 3.49. The Labute approximate surface area is 152 Å². The van der Waals surface area contributed by atoms with Crippen LogP contribution in [0.1, 0.15) is 24.0 Å². The Morgan fingerprint density at radius 2 is 1.92 bits per heavy atom. The third kappa shape index (κ3) is 3.81. The summed E-state index contributed by atoms with van der Waals surface area (Å²) in [4.78, 5) is 12.2. The maximum Gasteiger partial charge on any atom is 0.324 e. The van der Waals surface area contributed by atoms with Crippen molar-refractivity contribution in [1.82, 2.24) is 0 Å². The fourth-order valence-electron chi connectivity index (χ4n) is 3.49. The van der Waals surface area contributed by atoms with E-state index < -0.39 is 11.5 Å². The molecule has 0 aromatic heterocycles. The molecule has 1 heterocycles. The van der Waals surface area contributed by atoms with E-state index in [1.54, 1.807) is 0 Å². The van der Waals surface area contributed by atoms with E-state index in [2.05, 4.69) is 10.2 Å². The molecule has 2 atom stereocenters. The third-order valence-corrected chi connectivity index (χ3v) is 5.03. The van der Waals surface area contributed by atoms with Gasteiger partial charge in [-0.05, 0) is 55.0 Å². The Kier molecular flexibility index (Phi) is 5.44. The molecule has 0 saturated carbocycles. The Hall–Kier alpha value is -2.57. The van der Waals surface area contributed by atoms with Gasteiger partial charge < -0.3 is 16.6 Å². The highest BCUT2D eigenvalue weighted by Crippen LogP contribution is 2.37. The highest BCUT2D eigenvalue weighted by atomic mass is 16.4. The normalized spacial score (nSPS) is 15.6. The molecule has 3 rings (SSSR count). The van der Waals surface area contributed by atoms with Crippen LogP contribution in [-0.2, 0) is 17.6 Å². The number of rotatable bonds is 9. The van der Waals surface area contributed by atoms with Crippen LogP contribution in [0.15, 0.2) is 58.8 Å². The number of nitrogens with two attached hydrogens (primary N) is 2. The van der Waals surface area contributed by atoms with Gasteiger partial charge in [-0.3, -0.25) is 4.79 Å². The predicted octanol–water partition coefficient (Wildman–Crippen LogP) is 3.34. The zero-order valence-electron chi connectivity index (χ0n) is 14.6. The molecule has 26 heavy (non-hydrogen) atoms. The highest BCUT2D eigenvalue weighted by molar-refractivity contribution is 5.79. The second kappa shape index (κ2) is 7.76. The van der Waals surface area contributed by atoms with Gasteiger partial charge in [0.05, 0.1) is 11.4 Å². The SMILES string of the molecule is NCCCC(Cc1ccc2cc1N=N2)C(N)(Cc1ccccc1)C(=O)O. The molecule has 2 bridgehead atoms. The lowest BCUT2D eigenvalue weighted by Gasteiger charge is -2.34. The van der Waals surface area contributed by atoms with Gasteiger partial charge in [0, 0.05) is 6.42 Å². The second-order valence-corrected chi connectivity index (χ2v) is 6.85. The average molecular weight is 352 g/mol. The monoisotopic (exact) mass is 352 g/mol. The van der Waals surface area contributed by atoms with E-state index >= 15 is 0 Å². The number of benzene rings is 2. The van der Waals surface area contributed by atoms with Gasteiger partial charge in [-0.2, -0.15) is 10.2 Å². The number of azo groups is 1. The number of fused-ring (bicyclic) bond motifs is 2. The predicted molar refractivity (Wildman–Crippen MR) is 101 cm³/mol. The third-order valence-electron chi connectivity index (χ3n) is 5.03. The highest BCUT2D eigenvalue weighted by Gasteiger charge is 2.42. The van der Waals surface area contributed by atoms with E-state index in [4.69, 9.17) is 11.5 Å². The summed E-state index contributed by atoms with van der Waals surface area (Å²) in [5, 5.41) is 18.2. The van der Waals surface area contributed by atoms with Crippen molar-refractivity contribution < 1.29 is 9.90 Å². The Balaban J connectivity index is 1.90. The lowest BCUT2D eigenvalue weighted by Crippen LogP contribution is -2.56. The van der Waals surface area contributed by atoms with Crippen molar-refractivity contribution in [3.8, 4) is 0 Å². The topological polar surface area (TPSA) is 114 Å². The molecule has 0 radical (unpaired) electrons. The van der Waals surface area contributed by atoms with Gasteiger partial charge >= 0.3 is 5.97 Å². The van der Waals surface area contributed by atoms with Crippen molar-refractivity contribution >= 4 is 17.3 Å². The van der Waals surface area contributed by atoms with Crippen molar-refractivity contribution in [2.75, 3.05) is 6.54 Å². The summed E-state index contributed by atoms with van der Waals surface area (Å²) in [5.41, 5.74) is 14.3. The number of carbonyl (C=O) groups is 1.